The summed E-state index contributed by atoms with van der Waals surface area (Å²) in [6.45, 7) is 1.18. The Balaban J connectivity index is 1.15. The Morgan fingerprint density at radius 1 is 1.03 bits per heavy atom. The van der Waals surface area contributed by atoms with Crippen LogP contribution in [0.3, 0.4) is 0 Å². The van der Waals surface area contributed by atoms with Gasteiger partial charge in [0.25, 0.3) is 0 Å². The maximum atomic E-state index is 12.6. The Labute approximate surface area is 196 Å². The number of hydrogen-bond donors (Lipinski definition) is 1. The average molecular weight is 481 g/mol. The summed E-state index contributed by atoms with van der Waals surface area (Å²) in [4.78, 5) is 18.3. The van der Waals surface area contributed by atoms with Crippen molar-refractivity contribution in [3.8, 4) is 11.3 Å². The minimum absolute atomic E-state index is 0.0842. The molecule has 9 heteroatoms. The topological polar surface area (TPSA) is 83.8 Å². The third-order valence-corrected chi connectivity index (χ3v) is 8.51. The summed E-state index contributed by atoms with van der Waals surface area (Å²) < 4.78 is 28.8. The molecule has 5 rings (SSSR count). The molecule has 1 aliphatic heterocycles. The number of amides is 1. The van der Waals surface area contributed by atoms with Crippen LogP contribution < -0.4 is 5.32 Å². The number of aromatic nitrogens is 2. The number of imidazole rings is 1. The second kappa shape index (κ2) is 9.09. The Kier molecular flexibility index (Phi) is 6.01. The van der Waals surface area contributed by atoms with E-state index in [9.17, 15) is 13.2 Å². The zero-order chi connectivity index (χ0) is 22.8. The van der Waals surface area contributed by atoms with Crippen molar-refractivity contribution in [2.75, 3.05) is 18.4 Å². The fourth-order valence-corrected chi connectivity index (χ4v) is 6.19. The molecular formula is C24H24N4O3S2. The normalized spacial score (nSPS) is 14.7. The van der Waals surface area contributed by atoms with E-state index in [0.29, 0.717) is 30.8 Å². The molecule has 0 bridgehead atoms. The molecule has 1 amide bonds. The fourth-order valence-electron chi connectivity index (χ4n) is 3.98. The first-order valence-corrected chi connectivity index (χ1v) is 13.2. The molecular weight excluding hydrogens is 456 g/mol. The van der Waals surface area contributed by atoms with E-state index < -0.39 is 10.0 Å². The van der Waals surface area contributed by atoms with E-state index in [-0.39, 0.29) is 5.91 Å². The molecule has 0 atom stereocenters. The van der Waals surface area contributed by atoms with Crippen LogP contribution in [0.2, 0.25) is 0 Å². The molecule has 0 aliphatic carbocycles. The number of anilines is 1. The summed E-state index contributed by atoms with van der Waals surface area (Å²) in [7, 11) is -3.41. The molecule has 7 nitrogen and oxygen atoms in total. The molecule has 1 N–H and O–H groups in total. The predicted molar refractivity (Wildman–Crippen MR) is 130 cm³/mol. The van der Waals surface area contributed by atoms with E-state index in [2.05, 4.69) is 10.3 Å². The SMILES string of the molecule is O=C(CCc1ccc(S(=O)(=O)N2CCCC2)cc1)Nc1ccc(-c2cn3ccsc3n2)cc1. The Bertz CT molecular complexity index is 1340. The highest BCUT2D eigenvalue weighted by Crippen LogP contribution is 2.24. The molecule has 1 saturated heterocycles. The number of nitrogens with zero attached hydrogens (tertiary/aromatic N) is 3. The first kappa shape index (κ1) is 21.8. The molecule has 0 spiro atoms. The van der Waals surface area contributed by atoms with Crippen molar-refractivity contribution in [1.29, 1.82) is 0 Å². The van der Waals surface area contributed by atoms with Crippen LogP contribution in [0.15, 0.2) is 71.2 Å². The number of sulfonamides is 1. The van der Waals surface area contributed by atoms with Crippen LogP contribution in [-0.4, -0.2) is 41.1 Å². The van der Waals surface area contributed by atoms with Gasteiger partial charge in [-0.05, 0) is 49.1 Å². The van der Waals surface area contributed by atoms with E-state index in [1.165, 1.54) is 4.31 Å². The Hall–Kier alpha value is -3.01. The lowest BCUT2D eigenvalue weighted by Crippen LogP contribution is -2.27. The average Bonchev–Trinajstić information content (AvgIpc) is 3.56. The summed E-state index contributed by atoms with van der Waals surface area (Å²) in [6.07, 6.45) is 6.65. The van der Waals surface area contributed by atoms with E-state index in [1.807, 2.05) is 46.4 Å². The quantitative estimate of drug-likeness (QED) is 0.424. The molecule has 3 heterocycles. The highest BCUT2D eigenvalue weighted by Gasteiger charge is 2.26. The van der Waals surface area contributed by atoms with Crippen LogP contribution >= 0.6 is 11.3 Å². The van der Waals surface area contributed by atoms with Crippen LogP contribution in [0, 0.1) is 0 Å². The van der Waals surface area contributed by atoms with Gasteiger partial charge in [-0.3, -0.25) is 9.20 Å². The second-order valence-electron chi connectivity index (χ2n) is 8.10. The van der Waals surface area contributed by atoms with Gasteiger partial charge >= 0.3 is 0 Å². The van der Waals surface area contributed by atoms with Crippen LogP contribution in [-0.2, 0) is 21.2 Å². The largest absolute Gasteiger partial charge is 0.326 e. The summed E-state index contributed by atoms with van der Waals surface area (Å²) in [6, 6.07) is 14.5. The Morgan fingerprint density at radius 3 is 2.45 bits per heavy atom. The summed E-state index contributed by atoms with van der Waals surface area (Å²) in [5.74, 6) is -0.0842. The zero-order valence-electron chi connectivity index (χ0n) is 18.0. The number of aryl methyl sites for hydroxylation is 1. The number of hydrogen-bond acceptors (Lipinski definition) is 5. The van der Waals surface area contributed by atoms with Gasteiger partial charge in [-0.15, -0.1) is 11.3 Å². The molecule has 170 valence electrons. The maximum Gasteiger partial charge on any atom is 0.243 e. The number of rotatable bonds is 7. The van der Waals surface area contributed by atoms with Gasteiger partial charge < -0.3 is 5.32 Å². The molecule has 33 heavy (non-hydrogen) atoms. The first-order valence-electron chi connectivity index (χ1n) is 10.9. The van der Waals surface area contributed by atoms with Gasteiger partial charge in [0.05, 0.1) is 10.6 Å². The van der Waals surface area contributed by atoms with Crippen molar-refractivity contribution in [3.05, 3.63) is 71.9 Å². The number of carbonyl (C=O) groups excluding carboxylic acids is 1. The smallest absolute Gasteiger partial charge is 0.243 e. The minimum Gasteiger partial charge on any atom is -0.326 e. The van der Waals surface area contributed by atoms with Crippen LogP contribution in [0.5, 0.6) is 0 Å². The molecule has 0 radical (unpaired) electrons. The summed E-state index contributed by atoms with van der Waals surface area (Å²) >= 11 is 1.59. The number of fused-ring (bicyclic) bond motifs is 1. The fraction of sp³-hybridized carbons (Fsp3) is 0.250. The van der Waals surface area contributed by atoms with E-state index in [0.717, 1.165) is 40.3 Å². The molecule has 0 unspecified atom stereocenters. The lowest BCUT2D eigenvalue weighted by molar-refractivity contribution is -0.116. The van der Waals surface area contributed by atoms with Crippen LogP contribution in [0.25, 0.3) is 16.2 Å². The van der Waals surface area contributed by atoms with Gasteiger partial charge in [0.2, 0.25) is 15.9 Å². The summed E-state index contributed by atoms with van der Waals surface area (Å²) in [5, 5.41) is 4.92. The van der Waals surface area contributed by atoms with E-state index in [1.54, 1.807) is 35.6 Å². The minimum atomic E-state index is -3.41. The molecule has 2 aromatic carbocycles. The Morgan fingerprint density at radius 2 is 1.76 bits per heavy atom. The van der Waals surface area contributed by atoms with Crippen molar-refractivity contribution >= 4 is 37.9 Å². The monoisotopic (exact) mass is 480 g/mol. The number of carbonyl (C=O) groups is 1. The van der Waals surface area contributed by atoms with Crippen molar-refractivity contribution in [1.82, 2.24) is 13.7 Å². The number of thiazole rings is 1. The molecule has 4 aromatic rings. The van der Waals surface area contributed by atoms with E-state index in [4.69, 9.17) is 0 Å². The van der Waals surface area contributed by atoms with Gasteiger partial charge in [-0.25, -0.2) is 13.4 Å². The first-order chi connectivity index (χ1) is 16.0. The van der Waals surface area contributed by atoms with Gasteiger partial charge in [0.1, 0.15) is 0 Å². The summed E-state index contributed by atoms with van der Waals surface area (Å²) in [5.41, 5.74) is 3.56. The van der Waals surface area contributed by atoms with Crippen LogP contribution in [0.1, 0.15) is 24.8 Å². The highest BCUT2D eigenvalue weighted by molar-refractivity contribution is 7.89. The number of nitrogens with one attached hydrogen (secondary N) is 1. The standard InChI is InChI=1S/C24H24N4O3S2/c29-23(12-5-18-3-10-21(11-4-18)33(30,31)28-13-1-2-14-28)25-20-8-6-19(7-9-20)22-17-27-15-16-32-24(27)26-22/h3-4,6-11,15-17H,1-2,5,12-14H2,(H,25,29). The molecule has 2 aromatic heterocycles. The predicted octanol–water partition coefficient (Wildman–Crippen LogP) is 4.42. The third kappa shape index (κ3) is 4.71. The van der Waals surface area contributed by atoms with Gasteiger partial charge in [-0.1, -0.05) is 24.3 Å². The van der Waals surface area contributed by atoms with E-state index >= 15 is 0 Å². The highest BCUT2D eigenvalue weighted by atomic mass is 32.2. The lowest BCUT2D eigenvalue weighted by atomic mass is 10.1. The van der Waals surface area contributed by atoms with Gasteiger partial charge in [0, 0.05) is 48.5 Å². The molecule has 1 aliphatic rings. The zero-order valence-corrected chi connectivity index (χ0v) is 19.6. The van der Waals surface area contributed by atoms with Gasteiger partial charge in [-0.2, -0.15) is 4.31 Å². The lowest BCUT2D eigenvalue weighted by Gasteiger charge is -2.15. The van der Waals surface area contributed by atoms with Crippen molar-refractivity contribution in [3.63, 3.8) is 0 Å². The van der Waals surface area contributed by atoms with Crippen LogP contribution in [0.4, 0.5) is 5.69 Å². The van der Waals surface area contributed by atoms with Crippen molar-refractivity contribution in [2.45, 2.75) is 30.6 Å². The van der Waals surface area contributed by atoms with Gasteiger partial charge in [0.15, 0.2) is 4.96 Å². The second-order valence-corrected chi connectivity index (χ2v) is 10.9. The molecule has 1 fully saturated rings. The maximum absolute atomic E-state index is 12.6. The number of benzene rings is 2. The molecule has 0 saturated carbocycles. The van der Waals surface area contributed by atoms with Crippen molar-refractivity contribution in [2.24, 2.45) is 0 Å². The van der Waals surface area contributed by atoms with Crippen molar-refractivity contribution < 1.29 is 13.2 Å². The third-order valence-electron chi connectivity index (χ3n) is 5.82.